The van der Waals surface area contributed by atoms with Crippen molar-refractivity contribution in [2.75, 3.05) is 19.0 Å². The molecule has 2 amide bonds. The number of halogens is 2. The Morgan fingerprint density at radius 3 is 2.48 bits per heavy atom. The Hall–Kier alpha value is -2.55. The summed E-state index contributed by atoms with van der Waals surface area (Å²) >= 11 is 13.9. The second-order valence-corrected chi connectivity index (χ2v) is 10.8. The van der Waals surface area contributed by atoms with Crippen molar-refractivity contribution >= 4 is 62.3 Å². The summed E-state index contributed by atoms with van der Waals surface area (Å²) in [4.78, 5) is 31.7. The summed E-state index contributed by atoms with van der Waals surface area (Å²) in [6.07, 6.45) is 2.37. The largest absolute Gasteiger partial charge is 0.495 e. The van der Waals surface area contributed by atoms with Crippen LogP contribution in [-0.4, -0.2) is 40.6 Å². The molecule has 1 unspecified atom stereocenters. The number of pyridine rings is 1. The highest BCUT2D eigenvalue weighted by Gasteiger charge is 2.41. The summed E-state index contributed by atoms with van der Waals surface area (Å²) in [5.41, 5.74) is 1.37. The quantitative estimate of drug-likeness (QED) is 0.422. The number of benzene rings is 1. The van der Waals surface area contributed by atoms with Gasteiger partial charge in [0.15, 0.2) is 0 Å². The van der Waals surface area contributed by atoms with Gasteiger partial charge in [-0.3, -0.25) is 14.7 Å². The van der Waals surface area contributed by atoms with Crippen LogP contribution in [0, 0.1) is 5.41 Å². The second kappa shape index (κ2) is 8.66. The fraction of sp³-hybridized carbons (Fsp3) is 0.348. The van der Waals surface area contributed by atoms with Crippen LogP contribution in [0.2, 0.25) is 10.0 Å². The zero-order valence-corrected chi connectivity index (χ0v) is 20.9. The van der Waals surface area contributed by atoms with E-state index in [1.165, 1.54) is 28.6 Å². The number of carbonyl (C=O) groups is 2. The Morgan fingerprint density at radius 2 is 1.91 bits per heavy atom. The summed E-state index contributed by atoms with van der Waals surface area (Å²) in [6.45, 7) is 6.40. The lowest BCUT2D eigenvalue weighted by atomic mass is 9.80. The smallest absolute Gasteiger partial charge is 0.407 e. The van der Waals surface area contributed by atoms with Crippen LogP contribution in [0.4, 0.5) is 10.5 Å². The minimum absolute atomic E-state index is 0.234. The standard InChI is InChI=1S/C23H23Cl2N3O4S/c1-23(2,3)20-18-11(7-8-28(20)22(30)31)16-12(5-6-15(32-4)19(16)33-18)21(29)27-17-13(24)9-26-10-14(17)25/h5-6,9-10,20H,7-8H2,1-4H3,(H,30,31)(H,26,27,29). The number of anilines is 1. The predicted molar refractivity (Wildman–Crippen MR) is 131 cm³/mol. The number of rotatable bonds is 3. The molecule has 0 bridgehead atoms. The van der Waals surface area contributed by atoms with Crippen molar-refractivity contribution in [3.63, 3.8) is 0 Å². The zero-order chi connectivity index (χ0) is 24.1. The van der Waals surface area contributed by atoms with Gasteiger partial charge < -0.3 is 15.2 Å². The molecule has 33 heavy (non-hydrogen) atoms. The van der Waals surface area contributed by atoms with Gasteiger partial charge in [0.2, 0.25) is 0 Å². The van der Waals surface area contributed by atoms with E-state index in [4.69, 9.17) is 27.9 Å². The molecule has 1 atom stereocenters. The summed E-state index contributed by atoms with van der Waals surface area (Å²) in [5, 5.41) is 13.9. The molecule has 1 aromatic carbocycles. The van der Waals surface area contributed by atoms with Crippen molar-refractivity contribution < 1.29 is 19.4 Å². The van der Waals surface area contributed by atoms with Gasteiger partial charge in [0.05, 0.1) is 33.6 Å². The summed E-state index contributed by atoms with van der Waals surface area (Å²) in [5.74, 6) is 0.265. The molecule has 0 radical (unpaired) electrons. The third-order valence-corrected chi connectivity index (χ3v) is 7.59. The van der Waals surface area contributed by atoms with Crippen molar-refractivity contribution in [1.29, 1.82) is 0 Å². The van der Waals surface area contributed by atoms with Crippen LogP contribution in [0.25, 0.3) is 10.1 Å². The summed E-state index contributed by atoms with van der Waals surface area (Å²) < 4.78 is 6.40. The highest BCUT2D eigenvalue weighted by Crippen LogP contribution is 2.51. The van der Waals surface area contributed by atoms with Gasteiger partial charge in [-0.05, 0) is 29.5 Å². The number of nitrogens with one attached hydrogen (secondary N) is 1. The van der Waals surface area contributed by atoms with Crippen molar-refractivity contribution in [2.45, 2.75) is 33.2 Å². The molecule has 0 aliphatic carbocycles. The van der Waals surface area contributed by atoms with Crippen molar-refractivity contribution in [2.24, 2.45) is 5.41 Å². The molecule has 2 aromatic heterocycles. The van der Waals surface area contributed by atoms with Crippen LogP contribution in [0.15, 0.2) is 24.5 Å². The van der Waals surface area contributed by atoms with E-state index in [0.717, 1.165) is 20.5 Å². The number of amides is 2. The number of hydrogen-bond acceptors (Lipinski definition) is 5. The summed E-state index contributed by atoms with van der Waals surface area (Å²) in [7, 11) is 1.58. The molecule has 1 aliphatic heterocycles. The van der Waals surface area contributed by atoms with E-state index < -0.39 is 6.09 Å². The van der Waals surface area contributed by atoms with Crippen LogP contribution < -0.4 is 10.1 Å². The molecule has 4 rings (SSSR count). The molecule has 10 heteroatoms. The number of carbonyl (C=O) groups excluding carboxylic acids is 1. The first-order valence-electron chi connectivity index (χ1n) is 10.3. The normalized spacial score (nSPS) is 15.9. The van der Waals surface area contributed by atoms with Crippen molar-refractivity contribution in [1.82, 2.24) is 9.88 Å². The fourth-order valence-electron chi connectivity index (χ4n) is 4.36. The monoisotopic (exact) mass is 507 g/mol. The number of methoxy groups -OCH3 is 1. The number of aromatic nitrogens is 1. The average molecular weight is 508 g/mol. The number of fused-ring (bicyclic) bond motifs is 3. The van der Waals surface area contributed by atoms with Gasteiger partial charge in [-0.2, -0.15) is 0 Å². The maximum Gasteiger partial charge on any atom is 0.407 e. The number of carboxylic acid groups (broad SMARTS) is 1. The third kappa shape index (κ3) is 4.11. The third-order valence-electron chi connectivity index (χ3n) is 5.72. The molecule has 0 saturated carbocycles. The van der Waals surface area contributed by atoms with Gasteiger partial charge >= 0.3 is 6.09 Å². The molecule has 0 saturated heterocycles. The van der Waals surface area contributed by atoms with E-state index in [2.05, 4.69) is 10.3 Å². The Kier molecular flexibility index (Phi) is 6.20. The van der Waals surface area contributed by atoms with Gasteiger partial charge in [-0.15, -0.1) is 11.3 Å². The number of nitrogens with zero attached hydrogens (tertiary/aromatic N) is 2. The molecular weight excluding hydrogens is 485 g/mol. The first kappa shape index (κ1) is 23.6. The highest BCUT2D eigenvalue weighted by atomic mass is 35.5. The summed E-state index contributed by atoms with van der Waals surface area (Å²) in [6, 6.07) is 3.11. The molecule has 3 aromatic rings. The first-order valence-corrected chi connectivity index (χ1v) is 11.8. The molecule has 7 nitrogen and oxygen atoms in total. The molecule has 174 valence electrons. The minimum atomic E-state index is -0.954. The Labute approximate surface area is 205 Å². The maximum atomic E-state index is 13.4. The SMILES string of the molecule is COc1ccc(C(=O)Nc2c(Cl)cncc2Cl)c2c3c(sc12)C(C(C)(C)C)N(C(=O)O)CC3. The van der Waals surface area contributed by atoms with Crippen LogP contribution in [0.5, 0.6) is 5.75 Å². The molecule has 2 N–H and O–H groups in total. The van der Waals surface area contributed by atoms with Crippen LogP contribution >= 0.6 is 34.5 Å². The van der Waals surface area contributed by atoms with Crippen molar-refractivity contribution in [3.05, 3.63) is 50.6 Å². The average Bonchev–Trinajstić information content (AvgIpc) is 3.13. The lowest BCUT2D eigenvalue weighted by molar-refractivity contribution is 0.0781. The highest BCUT2D eigenvalue weighted by molar-refractivity contribution is 7.19. The van der Waals surface area contributed by atoms with Gasteiger partial charge in [-0.25, -0.2) is 4.79 Å². The lowest BCUT2D eigenvalue weighted by Gasteiger charge is -2.41. The molecule has 1 aliphatic rings. The second-order valence-electron chi connectivity index (χ2n) is 8.89. The molecule has 3 heterocycles. The Balaban J connectivity index is 1.91. The maximum absolute atomic E-state index is 13.4. The molecular formula is C23H23Cl2N3O4S. The van der Waals surface area contributed by atoms with Gasteiger partial charge in [0.25, 0.3) is 5.91 Å². The Bertz CT molecular complexity index is 1250. The van der Waals surface area contributed by atoms with E-state index in [0.29, 0.717) is 24.3 Å². The van der Waals surface area contributed by atoms with E-state index in [1.807, 2.05) is 20.8 Å². The van der Waals surface area contributed by atoms with Crippen molar-refractivity contribution in [3.8, 4) is 5.75 Å². The molecule has 0 spiro atoms. The van der Waals surface area contributed by atoms with E-state index in [9.17, 15) is 14.7 Å². The van der Waals surface area contributed by atoms with Gasteiger partial charge in [0, 0.05) is 34.8 Å². The zero-order valence-electron chi connectivity index (χ0n) is 18.5. The minimum Gasteiger partial charge on any atom is -0.495 e. The number of hydrogen-bond donors (Lipinski definition) is 2. The van der Waals surface area contributed by atoms with Gasteiger partial charge in [0.1, 0.15) is 5.75 Å². The van der Waals surface area contributed by atoms with Crippen LogP contribution in [0.1, 0.15) is 47.6 Å². The first-order chi connectivity index (χ1) is 15.5. The van der Waals surface area contributed by atoms with Crippen LogP contribution in [0.3, 0.4) is 0 Å². The van der Waals surface area contributed by atoms with E-state index >= 15 is 0 Å². The topological polar surface area (TPSA) is 91.8 Å². The number of ether oxygens (including phenoxy) is 1. The number of thiophene rings is 1. The fourth-order valence-corrected chi connectivity index (χ4v) is 6.55. The van der Waals surface area contributed by atoms with Gasteiger partial charge in [-0.1, -0.05) is 44.0 Å². The van der Waals surface area contributed by atoms with Crippen LogP contribution in [-0.2, 0) is 6.42 Å². The van der Waals surface area contributed by atoms with E-state index in [1.54, 1.807) is 19.2 Å². The lowest BCUT2D eigenvalue weighted by Crippen LogP contribution is -2.44. The Morgan fingerprint density at radius 1 is 1.24 bits per heavy atom. The van der Waals surface area contributed by atoms with E-state index in [-0.39, 0.29) is 33.1 Å². The predicted octanol–water partition coefficient (Wildman–Crippen LogP) is 6.49. The molecule has 0 fully saturated rings.